The van der Waals surface area contributed by atoms with Gasteiger partial charge in [0.2, 0.25) is 5.13 Å². The van der Waals surface area contributed by atoms with Crippen molar-refractivity contribution in [2.45, 2.75) is 45.8 Å². The van der Waals surface area contributed by atoms with Gasteiger partial charge in [-0.1, -0.05) is 17.4 Å². The molecule has 0 saturated carbocycles. The van der Waals surface area contributed by atoms with Crippen LogP contribution in [0.2, 0.25) is 0 Å². The molecule has 0 aliphatic carbocycles. The number of hydrogen-bond donors (Lipinski definition) is 1. The zero-order chi connectivity index (χ0) is 22.0. The van der Waals surface area contributed by atoms with Gasteiger partial charge < -0.3 is 9.64 Å². The molecular formula is C22H24N4O3S2. The quantitative estimate of drug-likeness (QED) is 0.613. The van der Waals surface area contributed by atoms with Crippen LogP contribution in [0, 0.1) is 0 Å². The molecule has 162 valence electrons. The number of nitrogens with zero attached hydrogens (tertiary/aromatic N) is 3. The van der Waals surface area contributed by atoms with Crippen molar-refractivity contribution >= 4 is 39.8 Å². The lowest BCUT2D eigenvalue weighted by molar-refractivity contribution is 0.0224. The number of anilines is 1. The summed E-state index contributed by atoms with van der Waals surface area (Å²) >= 11 is 3.03. The van der Waals surface area contributed by atoms with E-state index in [1.807, 2.05) is 38.3 Å². The van der Waals surface area contributed by atoms with Crippen molar-refractivity contribution in [3.63, 3.8) is 0 Å². The first kappa shape index (κ1) is 21.5. The van der Waals surface area contributed by atoms with Crippen molar-refractivity contribution < 1.29 is 14.3 Å². The molecule has 0 bridgehead atoms. The van der Waals surface area contributed by atoms with Crippen molar-refractivity contribution in [2.75, 3.05) is 11.9 Å². The lowest BCUT2D eigenvalue weighted by atomic mass is 9.97. The van der Waals surface area contributed by atoms with Gasteiger partial charge in [-0.05, 0) is 72.8 Å². The lowest BCUT2D eigenvalue weighted by Crippen LogP contribution is -2.39. The Kier molecular flexibility index (Phi) is 6.06. The standard InChI is InChI=1S/C22H24N4O3S2/c1-22(2,3)29-21(28)26-8-6-15-11-16(4-5-17(15)12-26)19(27)23-20-25-24-18(31-20)10-14-7-9-30-13-14/h4-5,7,9,11,13H,6,8,10,12H2,1-3H3,(H,23,25,27). The monoisotopic (exact) mass is 456 g/mol. The van der Waals surface area contributed by atoms with Gasteiger partial charge >= 0.3 is 6.09 Å². The third-order valence-electron chi connectivity index (χ3n) is 4.76. The zero-order valence-electron chi connectivity index (χ0n) is 17.7. The van der Waals surface area contributed by atoms with Crippen molar-refractivity contribution in [1.29, 1.82) is 0 Å². The molecule has 1 aliphatic rings. The maximum atomic E-state index is 12.7. The van der Waals surface area contributed by atoms with E-state index >= 15 is 0 Å². The molecule has 1 aliphatic heterocycles. The van der Waals surface area contributed by atoms with Gasteiger partial charge in [-0.15, -0.1) is 10.2 Å². The highest BCUT2D eigenvalue weighted by Gasteiger charge is 2.26. The molecule has 3 heterocycles. The number of ether oxygens (including phenoxy) is 1. The Morgan fingerprint density at radius 2 is 2.03 bits per heavy atom. The van der Waals surface area contributed by atoms with Crippen molar-refractivity contribution in [3.8, 4) is 0 Å². The van der Waals surface area contributed by atoms with E-state index in [9.17, 15) is 9.59 Å². The highest BCUT2D eigenvalue weighted by molar-refractivity contribution is 7.15. The molecular weight excluding hydrogens is 432 g/mol. The number of carbonyl (C=O) groups is 2. The Hall–Kier alpha value is -2.78. The van der Waals surface area contributed by atoms with E-state index in [2.05, 4.69) is 27.0 Å². The van der Waals surface area contributed by atoms with Gasteiger partial charge in [0, 0.05) is 25.1 Å². The number of thiophene rings is 1. The summed E-state index contributed by atoms with van der Waals surface area (Å²) in [5, 5.41) is 16.6. The smallest absolute Gasteiger partial charge is 0.410 e. The third kappa shape index (κ3) is 5.48. The average Bonchev–Trinajstić information content (AvgIpc) is 3.38. The molecule has 0 saturated heterocycles. The maximum absolute atomic E-state index is 12.7. The second kappa shape index (κ2) is 8.76. The summed E-state index contributed by atoms with van der Waals surface area (Å²) in [4.78, 5) is 26.7. The summed E-state index contributed by atoms with van der Waals surface area (Å²) in [6.45, 7) is 6.62. The number of carbonyl (C=O) groups excluding carboxylic acids is 2. The summed E-state index contributed by atoms with van der Waals surface area (Å²) in [6.07, 6.45) is 1.08. The first-order valence-electron chi connectivity index (χ1n) is 10.0. The first-order chi connectivity index (χ1) is 14.8. The van der Waals surface area contributed by atoms with Crippen LogP contribution in [-0.4, -0.2) is 39.2 Å². The van der Waals surface area contributed by atoms with Crippen LogP contribution >= 0.6 is 22.7 Å². The van der Waals surface area contributed by atoms with Crippen LogP contribution in [0.15, 0.2) is 35.0 Å². The molecule has 4 rings (SSSR count). The molecule has 0 radical (unpaired) electrons. The molecule has 3 aromatic rings. The largest absolute Gasteiger partial charge is 0.444 e. The van der Waals surface area contributed by atoms with Gasteiger partial charge in [0.25, 0.3) is 5.91 Å². The Labute approximate surface area is 189 Å². The molecule has 7 nitrogen and oxygen atoms in total. The van der Waals surface area contributed by atoms with Crippen LogP contribution in [0.3, 0.4) is 0 Å². The van der Waals surface area contributed by atoms with Gasteiger partial charge in [0.1, 0.15) is 10.6 Å². The van der Waals surface area contributed by atoms with Crippen LogP contribution in [0.5, 0.6) is 0 Å². The van der Waals surface area contributed by atoms with Crippen molar-refractivity contribution in [2.24, 2.45) is 0 Å². The number of fused-ring (bicyclic) bond motifs is 1. The van der Waals surface area contributed by atoms with Crippen LogP contribution in [0.1, 0.15) is 52.8 Å². The number of hydrogen-bond acceptors (Lipinski definition) is 7. The van der Waals surface area contributed by atoms with E-state index in [-0.39, 0.29) is 12.0 Å². The fraction of sp³-hybridized carbons (Fsp3) is 0.364. The molecule has 2 aromatic heterocycles. The van der Waals surface area contributed by atoms with E-state index < -0.39 is 5.60 Å². The number of nitrogens with one attached hydrogen (secondary N) is 1. The minimum absolute atomic E-state index is 0.212. The summed E-state index contributed by atoms with van der Waals surface area (Å²) in [7, 11) is 0. The SMILES string of the molecule is CC(C)(C)OC(=O)N1CCc2cc(C(=O)Nc3nnc(Cc4ccsc4)s3)ccc2C1. The van der Waals surface area contributed by atoms with Crippen molar-refractivity contribution in [1.82, 2.24) is 15.1 Å². The van der Waals surface area contributed by atoms with Crippen LogP contribution in [-0.2, 0) is 24.1 Å². The third-order valence-corrected chi connectivity index (χ3v) is 6.33. The molecule has 1 N–H and O–H groups in total. The first-order valence-corrected chi connectivity index (χ1v) is 11.8. The van der Waals surface area contributed by atoms with Gasteiger partial charge in [-0.2, -0.15) is 11.3 Å². The molecule has 0 unspecified atom stereocenters. The summed E-state index contributed by atoms with van der Waals surface area (Å²) in [6, 6.07) is 7.63. The van der Waals surface area contributed by atoms with E-state index in [4.69, 9.17) is 4.74 Å². The fourth-order valence-electron chi connectivity index (χ4n) is 3.29. The van der Waals surface area contributed by atoms with E-state index in [0.29, 0.717) is 36.6 Å². The zero-order valence-corrected chi connectivity index (χ0v) is 19.3. The molecule has 31 heavy (non-hydrogen) atoms. The number of benzene rings is 1. The molecule has 0 atom stereocenters. The number of amides is 2. The lowest BCUT2D eigenvalue weighted by Gasteiger charge is -2.31. The van der Waals surface area contributed by atoms with Crippen LogP contribution in [0.25, 0.3) is 0 Å². The minimum atomic E-state index is -0.520. The molecule has 2 amide bonds. The Morgan fingerprint density at radius 1 is 1.19 bits per heavy atom. The Balaban J connectivity index is 1.39. The Bertz CT molecular complexity index is 1090. The molecule has 1 aromatic carbocycles. The van der Waals surface area contributed by atoms with Gasteiger partial charge in [-0.25, -0.2) is 4.79 Å². The molecule has 0 fully saturated rings. The highest BCUT2D eigenvalue weighted by Crippen LogP contribution is 2.24. The maximum Gasteiger partial charge on any atom is 0.410 e. The Morgan fingerprint density at radius 3 is 2.77 bits per heavy atom. The van der Waals surface area contributed by atoms with Gasteiger partial charge in [-0.3, -0.25) is 10.1 Å². The topological polar surface area (TPSA) is 84.4 Å². The van der Waals surface area contributed by atoms with Gasteiger partial charge in [0.15, 0.2) is 0 Å². The fourth-order valence-corrected chi connectivity index (χ4v) is 4.73. The number of aromatic nitrogens is 2. The summed E-state index contributed by atoms with van der Waals surface area (Å²) in [5.74, 6) is -0.212. The second-order valence-electron chi connectivity index (χ2n) is 8.40. The van der Waals surface area contributed by atoms with Crippen LogP contribution < -0.4 is 5.32 Å². The van der Waals surface area contributed by atoms with E-state index in [0.717, 1.165) is 16.1 Å². The molecule has 0 spiro atoms. The highest BCUT2D eigenvalue weighted by atomic mass is 32.1. The van der Waals surface area contributed by atoms with Gasteiger partial charge in [0.05, 0.1) is 0 Å². The average molecular weight is 457 g/mol. The molecule has 9 heteroatoms. The second-order valence-corrected chi connectivity index (χ2v) is 10.2. The van der Waals surface area contributed by atoms with Crippen molar-refractivity contribution in [3.05, 3.63) is 62.3 Å². The summed E-state index contributed by atoms with van der Waals surface area (Å²) < 4.78 is 5.47. The normalized spacial score (nSPS) is 13.6. The van der Waals surface area contributed by atoms with Crippen LogP contribution in [0.4, 0.5) is 9.93 Å². The predicted molar refractivity (Wildman–Crippen MR) is 122 cm³/mol. The minimum Gasteiger partial charge on any atom is -0.444 e. The predicted octanol–water partition coefficient (Wildman–Crippen LogP) is 4.74. The van der Waals surface area contributed by atoms with E-state index in [1.54, 1.807) is 22.3 Å². The summed E-state index contributed by atoms with van der Waals surface area (Å²) in [5.41, 5.74) is 3.34. The van der Waals surface area contributed by atoms with E-state index in [1.165, 1.54) is 16.9 Å². The number of rotatable bonds is 4.